The number of carbonyl (C=O) groups is 3. The molecule has 1 N–H and O–H groups in total. The van der Waals surface area contributed by atoms with Crippen molar-refractivity contribution in [1.29, 1.82) is 0 Å². The van der Waals surface area contributed by atoms with Crippen molar-refractivity contribution in [1.82, 2.24) is 0 Å². The van der Waals surface area contributed by atoms with Crippen molar-refractivity contribution < 1.29 is 27.6 Å². The van der Waals surface area contributed by atoms with Gasteiger partial charge in [0.05, 0.1) is 5.56 Å². The average molecular weight is 513 g/mol. The third-order valence-corrected chi connectivity index (χ3v) is 7.70. The zero-order valence-corrected chi connectivity index (χ0v) is 19.7. The van der Waals surface area contributed by atoms with E-state index in [1.165, 1.54) is 6.07 Å². The van der Waals surface area contributed by atoms with Gasteiger partial charge in [0.25, 0.3) is 0 Å². The van der Waals surface area contributed by atoms with Gasteiger partial charge in [-0.1, -0.05) is 17.7 Å². The van der Waals surface area contributed by atoms with Crippen molar-refractivity contribution >= 4 is 40.4 Å². The van der Waals surface area contributed by atoms with Crippen molar-refractivity contribution in [2.24, 2.45) is 0 Å². The molecule has 0 bridgehead atoms. The number of hydrogen-bond donors (Lipinski definition) is 1. The van der Waals surface area contributed by atoms with Gasteiger partial charge >= 0.3 is 6.18 Å². The number of halogens is 4. The molecule has 0 unspecified atom stereocenters. The third kappa shape index (κ3) is 3.06. The van der Waals surface area contributed by atoms with Crippen molar-refractivity contribution in [3.8, 4) is 0 Å². The highest BCUT2D eigenvalue weighted by molar-refractivity contribution is 6.31. The number of Topliss-reactive ketones (excluding diaryl/α,β-unsaturated/α-hetero) is 2. The van der Waals surface area contributed by atoms with E-state index in [0.717, 1.165) is 12.1 Å². The number of nitrogens with zero attached hydrogens (tertiary/aromatic N) is 1. The Morgan fingerprint density at radius 1 is 0.861 bits per heavy atom. The highest BCUT2D eigenvalue weighted by Gasteiger charge is 2.61. The van der Waals surface area contributed by atoms with Crippen LogP contribution in [0.15, 0.2) is 65.0 Å². The zero-order valence-electron chi connectivity index (χ0n) is 19.0. The fraction of sp³-hybridized carbons (Fsp3) is 0.296. The minimum atomic E-state index is -4.56. The predicted molar refractivity (Wildman–Crippen MR) is 127 cm³/mol. The molecule has 0 saturated carbocycles. The van der Waals surface area contributed by atoms with Crippen LogP contribution in [0.25, 0.3) is 0 Å². The second-order valence-electron chi connectivity index (χ2n) is 9.47. The second-order valence-corrected chi connectivity index (χ2v) is 9.91. The number of ketones is 2. The first-order valence-electron chi connectivity index (χ1n) is 11.8. The van der Waals surface area contributed by atoms with Crippen LogP contribution in [0.3, 0.4) is 0 Å². The van der Waals surface area contributed by atoms with Crippen molar-refractivity contribution in [3.63, 3.8) is 0 Å². The SMILES string of the molecule is O=C1CCCC2=C1C1(C(=O)Nc3ccc(Cl)cc31)C1=C(CCCC1=O)N2c1cccc(C(F)(F)F)c1. The van der Waals surface area contributed by atoms with Gasteiger partial charge in [-0.15, -0.1) is 0 Å². The summed E-state index contributed by atoms with van der Waals surface area (Å²) in [6, 6.07) is 9.74. The molecule has 2 aliphatic carbocycles. The number of hydrogen-bond acceptors (Lipinski definition) is 4. The summed E-state index contributed by atoms with van der Waals surface area (Å²) >= 11 is 6.32. The molecule has 0 aromatic heterocycles. The molecular weight excluding hydrogens is 493 g/mol. The van der Waals surface area contributed by atoms with Gasteiger partial charge in [0.15, 0.2) is 11.6 Å². The Balaban J connectivity index is 1.71. The van der Waals surface area contributed by atoms with Gasteiger partial charge < -0.3 is 10.2 Å². The molecule has 184 valence electrons. The summed E-state index contributed by atoms with van der Waals surface area (Å²) in [5.74, 6) is -1.09. The fourth-order valence-electron chi connectivity index (χ4n) is 6.14. The average Bonchev–Trinajstić information content (AvgIpc) is 3.10. The van der Waals surface area contributed by atoms with Crippen LogP contribution < -0.4 is 10.2 Å². The van der Waals surface area contributed by atoms with E-state index >= 15 is 0 Å². The number of nitrogens with one attached hydrogen (secondary N) is 1. The van der Waals surface area contributed by atoms with Gasteiger partial charge in [0.2, 0.25) is 5.91 Å². The quantitative estimate of drug-likeness (QED) is 0.502. The Kier molecular flexibility index (Phi) is 4.99. The molecule has 2 aromatic rings. The van der Waals surface area contributed by atoms with Crippen LogP contribution in [-0.4, -0.2) is 17.5 Å². The summed E-state index contributed by atoms with van der Waals surface area (Å²) in [5, 5.41) is 3.19. The molecule has 2 heterocycles. The molecule has 2 aliphatic heterocycles. The van der Waals surface area contributed by atoms with Crippen LogP contribution in [0.4, 0.5) is 24.5 Å². The lowest BCUT2D eigenvalue weighted by atomic mass is 9.60. The first kappa shape index (κ1) is 23.0. The maximum absolute atomic E-state index is 13.9. The van der Waals surface area contributed by atoms with E-state index in [9.17, 15) is 27.6 Å². The van der Waals surface area contributed by atoms with Gasteiger partial charge in [0, 0.05) is 57.3 Å². The minimum absolute atomic E-state index is 0.165. The van der Waals surface area contributed by atoms with Crippen molar-refractivity contribution in [2.45, 2.75) is 50.1 Å². The molecule has 1 amide bonds. The van der Waals surface area contributed by atoms with E-state index in [-0.39, 0.29) is 41.2 Å². The van der Waals surface area contributed by atoms with E-state index in [4.69, 9.17) is 11.6 Å². The predicted octanol–water partition coefficient (Wildman–Crippen LogP) is 6.08. The molecular formula is C27H20ClF3N2O3. The first-order chi connectivity index (χ1) is 17.1. The summed E-state index contributed by atoms with van der Waals surface area (Å²) in [6.07, 6.45) is -2.46. The molecule has 5 nitrogen and oxygen atoms in total. The first-order valence-corrected chi connectivity index (χ1v) is 12.1. The summed E-state index contributed by atoms with van der Waals surface area (Å²) in [6.45, 7) is 0. The van der Waals surface area contributed by atoms with E-state index in [2.05, 4.69) is 5.32 Å². The number of benzene rings is 2. The highest BCUT2D eigenvalue weighted by Crippen LogP contribution is 2.58. The highest BCUT2D eigenvalue weighted by atomic mass is 35.5. The smallest absolute Gasteiger partial charge is 0.324 e. The molecule has 0 radical (unpaired) electrons. The Morgan fingerprint density at radius 2 is 1.50 bits per heavy atom. The van der Waals surface area contributed by atoms with Crippen LogP contribution in [0.5, 0.6) is 0 Å². The number of carbonyl (C=O) groups excluding carboxylic acids is 3. The largest absolute Gasteiger partial charge is 0.416 e. The van der Waals surface area contributed by atoms with E-state index in [1.54, 1.807) is 29.2 Å². The summed E-state index contributed by atoms with van der Waals surface area (Å²) < 4.78 is 40.8. The maximum atomic E-state index is 13.9. The molecule has 1 spiro atoms. The Labute approximate surface area is 209 Å². The molecule has 0 saturated heterocycles. The van der Waals surface area contributed by atoms with Crippen LogP contribution >= 0.6 is 11.6 Å². The lowest BCUT2D eigenvalue weighted by Crippen LogP contribution is -2.52. The van der Waals surface area contributed by atoms with Gasteiger partial charge in [-0.3, -0.25) is 14.4 Å². The molecule has 0 atom stereocenters. The molecule has 6 rings (SSSR count). The number of rotatable bonds is 1. The van der Waals surface area contributed by atoms with E-state index in [1.807, 2.05) is 0 Å². The van der Waals surface area contributed by atoms with Crippen molar-refractivity contribution in [2.75, 3.05) is 10.2 Å². The number of alkyl halides is 3. The Bertz CT molecular complexity index is 1400. The number of anilines is 2. The second kappa shape index (κ2) is 7.80. The van der Waals surface area contributed by atoms with Crippen molar-refractivity contribution in [3.05, 3.63) is 81.2 Å². The van der Waals surface area contributed by atoms with Crippen LogP contribution in [-0.2, 0) is 26.0 Å². The standard InChI is InChI=1S/C27H20ClF3N2O3/c28-15-10-11-18-17(13-15)26(25(36)32-18)23-19(6-2-8-21(23)34)33(20-7-3-9-22(35)24(20)26)16-5-1-4-14(12-16)27(29,30)31/h1,4-5,10-13H,2-3,6-9H2,(H,32,36). The summed E-state index contributed by atoms with van der Waals surface area (Å²) in [5.41, 5.74) is -0.0980. The minimum Gasteiger partial charge on any atom is -0.324 e. The zero-order chi connectivity index (χ0) is 25.4. The van der Waals surface area contributed by atoms with Gasteiger partial charge in [-0.25, -0.2) is 0 Å². The number of allylic oxidation sites excluding steroid dienone is 2. The monoisotopic (exact) mass is 512 g/mol. The number of amides is 1. The van der Waals surface area contributed by atoms with Crippen LogP contribution in [0.1, 0.15) is 49.7 Å². The molecule has 9 heteroatoms. The topological polar surface area (TPSA) is 66.5 Å². The Morgan fingerprint density at radius 3 is 2.11 bits per heavy atom. The normalized spacial score (nSPS) is 21.0. The molecule has 0 fully saturated rings. The lowest BCUT2D eigenvalue weighted by molar-refractivity contribution is -0.137. The van der Waals surface area contributed by atoms with E-state index in [0.29, 0.717) is 53.4 Å². The summed E-state index contributed by atoms with van der Waals surface area (Å²) in [7, 11) is 0. The van der Waals surface area contributed by atoms with Gasteiger partial charge in [0.1, 0.15) is 5.41 Å². The number of fused-ring (bicyclic) bond motifs is 4. The maximum Gasteiger partial charge on any atom is 0.416 e. The summed E-state index contributed by atoms with van der Waals surface area (Å²) in [4.78, 5) is 42.7. The van der Waals surface area contributed by atoms with E-state index < -0.39 is 23.1 Å². The molecule has 2 aromatic carbocycles. The molecule has 4 aliphatic rings. The fourth-order valence-corrected chi connectivity index (χ4v) is 6.32. The van der Waals surface area contributed by atoms with Crippen LogP contribution in [0, 0.1) is 0 Å². The molecule has 36 heavy (non-hydrogen) atoms. The van der Waals surface area contributed by atoms with Gasteiger partial charge in [-0.05, 0) is 62.1 Å². The Hall–Kier alpha value is -3.39. The lowest BCUT2D eigenvalue weighted by Gasteiger charge is -2.47. The van der Waals surface area contributed by atoms with Crippen LogP contribution in [0.2, 0.25) is 5.02 Å². The third-order valence-electron chi connectivity index (χ3n) is 7.47. The van der Waals surface area contributed by atoms with Gasteiger partial charge in [-0.2, -0.15) is 13.2 Å².